The van der Waals surface area contributed by atoms with Crippen LogP contribution in [0.5, 0.6) is 23.0 Å². The number of halogens is 1. The Bertz CT molecular complexity index is 3490. The summed E-state index contributed by atoms with van der Waals surface area (Å²) in [4.78, 5) is 39.4. The summed E-state index contributed by atoms with van der Waals surface area (Å²) >= 11 is 0. The number of nitro groups is 1. The predicted molar refractivity (Wildman–Crippen MR) is 293 cm³/mol. The summed E-state index contributed by atoms with van der Waals surface area (Å²) in [7, 11) is -10.3. The maximum absolute atomic E-state index is 14.8. The van der Waals surface area contributed by atoms with Gasteiger partial charge in [-0.1, -0.05) is 44.2 Å². The molecule has 19 heteroatoms. The van der Waals surface area contributed by atoms with Gasteiger partial charge in [-0.25, -0.2) is 22.5 Å². The van der Waals surface area contributed by atoms with Crippen molar-refractivity contribution in [1.29, 1.82) is 0 Å². The first kappa shape index (κ1) is 46.3. The molecule has 0 radical (unpaired) electrons. The number of aromatic nitrogens is 2. The van der Waals surface area contributed by atoms with E-state index < -0.39 is 56.9 Å². The molecular formula is C58H69FN8O9S. The number of nitrogens with one attached hydrogen (secondary N) is 3. The van der Waals surface area contributed by atoms with Crippen molar-refractivity contribution >= 4 is 44.0 Å². The maximum Gasteiger partial charge on any atom is 0.293 e. The van der Waals surface area contributed by atoms with Gasteiger partial charge in [-0.3, -0.25) is 24.7 Å². The quantitative estimate of drug-likeness (QED) is 0.0496. The zero-order valence-corrected chi connectivity index (χ0v) is 44.2. The van der Waals surface area contributed by atoms with Gasteiger partial charge in [-0.2, -0.15) is 0 Å². The van der Waals surface area contributed by atoms with Crippen LogP contribution in [-0.4, -0.2) is 109 Å². The molecule has 4 aliphatic rings. The van der Waals surface area contributed by atoms with Gasteiger partial charge in [0.05, 0.1) is 54.9 Å². The number of sulfonamides is 1. The molecule has 1 amide bonds. The Balaban J connectivity index is 0.836. The molecule has 6 aromatic rings. The molecule has 4 N–H and O–H groups in total. The highest BCUT2D eigenvalue weighted by Gasteiger charge is 2.50. The number of methoxy groups -OCH3 is 2. The van der Waals surface area contributed by atoms with Gasteiger partial charge in [-0.05, 0) is 135 Å². The molecule has 0 bridgehead atoms. The smallest absolute Gasteiger partial charge is 0.293 e. The van der Waals surface area contributed by atoms with Crippen molar-refractivity contribution in [1.82, 2.24) is 24.5 Å². The van der Waals surface area contributed by atoms with E-state index in [-0.39, 0.29) is 68.6 Å². The van der Waals surface area contributed by atoms with Crippen molar-refractivity contribution in [2.75, 3.05) is 63.6 Å². The molecule has 17 nitrogen and oxygen atoms in total. The van der Waals surface area contributed by atoms with Crippen LogP contribution in [0.1, 0.15) is 119 Å². The van der Waals surface area contributed by atoms with Gasteiger partial charge in [0.1, 0.15) is 28.7 Å². The molecule has 10 rings (SSSR count). The number of amides is 1. The van der Waals surface area contributed by atoms with E-state index in [1.165, 1.54) is 47.7 Å². The zero-order chi connectivity index (χ0) is 59.2. The number of H-pyrrole nitrogens is 1. The lowest BCUT2D eigenvalue weighted by Crippen LogP contribution is -2.60. The highest BCUT2D eigenvalue weighted by Crippen LogP contribution is 2.53. The second-order valence-electron chi connectivity index (χ2n) is 22.0. The Kier molecular flexibility index (Phi) is 13.2. The van der Waals surface area contributed by atoms with E-state index in [2.05, 4.69) is 72.8 Å². The van der Waals surface area contributed by atoms with Gasteiger partial charge in [-0.15, -0.1) is 0 Å². The minimum Gasteiger partial charge on any atom is -0.493 e. The SMILES string of the molecule is [2H]C([2H])([2H])Oc1ccc(CN2CCN(C3CC4(CCN(c5ccc(C(=O)NS(=O)(=O)c6ccc(NCC7CCC(C)(O)CC7)c([N+](=O)[O-])c6)c(Oc6cnc7[nH]cc(F)c7c6)c5)CC4)C3)[C@H](c3ccccc3C(C)C)C2)cc1OC([2H])([2H])[2H]. The molecule has 2 saturated heterocycles. The number of hydrogen-bond donors (Lipinski definition) is 4. The lowest BCUT2D eigenvalue weighted by atomic mass is 9.59. The first-order valence-electron chi connectivity index (χ1n) is 29.3. The van der Waals surface area contributed by atoms with Crippen LogP contribution in [0.15, 0.2) is 102 Å². The van der Waals surface area contributed by atoms with Crippen molar-refractivity contribution in [2.45, 2.75) is 107 Å². The van der Waals surface area contributed by atoms with E-state index >= 15 is 0 Å². The van der Waals surface area contributed by atoms with Gasteiger partial charge in [0.15, 0.2) is 11.5 Å². The van der Waals surface area contributed by atoms with E-state index in [1.807, 2.05) is 0 Å². The van der Waals surface area contributed by atoms with E-state index in [0.717, 1.165) is 69.4 Å². The third kappa shape index (κ3) is 11.6. The Hall–Kier alpha value is -6.80. The molecule has 4 heterocycles. The Morgan fingerprint density at radius 1 is 0.961 bits per heavy atom. The molecule has 2 aromatic heterocycles. The maximum atomic E-state index is 14.8. The van der Waals surface area contributed by atoms with Crippen molar-refractivity contribution in [3.8, 4) is 23.0 Å². The second kappa shape index (κ2) is 21.9. The van der Waals surface area contributed by atoms with E-state index in [0.29, 0.717) is 57.3 Å². The van der Waals surface area contributed by atoms with Gasteiger partial charge in [0, 0.05) is 81.9 Å². The number of piperazine rings is 1. The molecule has 1 spiro atoms. The number of ether oxygens (including phenoxy) is 3. The summed E-state index contributed by atoms with van der Waals surface area (Å²) in [6.45, 7) is 10.6. The first-order chi connectivity index (χ1) is 39.2. The van der Waals surface area contributed by atoms with Crippen LogP contribution in [0, 0.1) is 27.3 Å². The number of carbonyl (C=O) groups is 1. The fourth-order valence-electron chi connectivity index (χ4n) is 12.0. The van der Waals surface area contributed by atoms with Crippen molar-refractivity contribution < 1.29 is 50.1 Å². The van der Waals surface area contributed by atoms with Gasteiger partial charge in [0.2, 0.25) is 0 Å². The number of nitrogens with zero attached hydrogens (tertiary/aromatic N) is 5. The average molecular weight is 1080 g/mol. The second-order valence-corrected chi connectivity index (χ2v) is 23.7. The van der Waals surface area contributed by atoms with Crippen molar-refractivity contribution in [2.24, 2.45) is 11.3 Å². The Morgan fingerprint density at radius 3 is 2.48 bits per heavy atom. The fourth-order valence-corrected chi connectivity index (χ4v) is 13.0. The van der Waals surface area contributed by atoms with Crippen molar-refractivity contribution in [3.63, 3.8) is 0 Å². The number of nitro benzene ring substituents is 1. The van der Waals surface area contributed by atoms with Crippen LogP contribution >= 0.6 is 0 Å². The summed E-state index contributed by atoms with van der Waals surface area (Å²) in [5, 5.41) is 25.8. The van der Waals surface area contributed by atoms with Crippen LogP contribution < -0.4 is 29.1 Å². The lowest BCUT2D eigenvalue weighted by molar-refractivity contribution is -0.384. The van der Waals surface area contributed by atoms with Crippen LogP contribution in [0.4, 0.5) is 21.5 Å². The lowest BCUT2D eigenvalue weighted by Gasteiger charge is -2.58. The summed E-state index contributed by atoms with van der Waals surface area (Å²) < 4.78 is 107. The molecule has 0 unspecified atom stereocenters. The van der Waals surface area contributed by atoms with Crippen LogP contribution in [0.25, 0.3) is 11.0 Å². The number of rotatable bonds is 17. The molecule has 4 aromatic carbocycles. The number of hydrogen-bond acceptors (Lipinski definition) is 14. The van der Waals surface area contributed by atoms with E-state index in [1.54, 1.807) is 31.2 Å². The van der Waals surface area contributed by atoms with Crippen LogP contribution in [0.3, 0.4) is 0 Å². The topological polar surface area (TPSA) is 205 Å². The number of anilines is 2. The molecule has 408 valence electrons. The largest absolute Gasteiger partial charge is 0.493 e. The predicted octanol–water partition coefficient (Wildman–Crippen LogP) is 10.3. The third-order valence-electron chi connectivity index (χ3n) is 16.5. The number of aromatic amines is 1. The highest BCUT2D eigenvalue weighted by molar-refractivity contribution is 7.90. The van der Waals surface area contributed by atoms with Gasteiger partial charge in [0.25, 0.3) is 21.6 Å². The zero-order valence-electron chi connectivity index (χ0n) is 49.4. The molecule has 4 fully saturated rings. The van der Waals surface area contributed by atoms with Crippen LogP contribution in [0.2, 0.25) is 0 Å². The minimum absolute atomic E-state index is 0.0261. The summed E-state index contributed by atoms with van der Waals surface area (Å²) in [5.41, 5.74) is 3.05. The first-order valence-corrected chi connectivity index (χ1v) is 27.8. The summed E-state index contributed by atoms with van der Waals surface area (Å²) in [6, 6.07) is 23.3. The molecular weight excluding hydrogens is 1000 g/mol. The van der Waals surface area contributed by atoms with E-state index in [9.17, 15) is 32.8 Å². The fraction of sp³-hybridized carbons (Fsp3) is 0.448. The van der Waals surface area contributed by atoms with Gasteiger partial charge >= 0.3 is 0 Å². The number of pyridine rings is 1. The number of piperidine rings is 1. The number of aliphatic hydroxyl groups is 1. The summed E-state index contributed by atoms with van der Waals surface area (Å²) in [5.74, 6) is -1.49. The average Bonchev–Trinajstić information content (AvgIpc) is 3.36. The highest BCUT2D eigenvalue weighted by atomic mass is 32.2. The Morgan fingerprint density at radius 2 is 1.73 bits per heavy atom. The monoisotopic (exact) mass is 1080 g/mol. The molecule has 2 saturated carbocycles. The van der Waals surface area contributed by atoms with Gasteiger partial charge < -0.3 is 34.5 Å². The summed E-state index contributed by atoms with van der Waals surface area (Å²) in [6.07, 6.45) is 8.91. The number of benzene rings is 4. The molecule has 2 aliphatic heterocycles. The Labute approximate surface area is 457 Å². The number of carbonyl (C=O) groups excluding carboxylic acids is 1. The molecule has 77 heavy (non-hydrogen) atoms. The molecule has 1 atom stereocenters. The normalized spacial score (nSPS) is 22.7. The van der Waals surface area contributed by atoms with E-state index in [4.69, 9.17) is 22.4 Å². The molecule has 2 aliphatic carbocycles. The number of fused-ring (bicyclic) bond motifs is 1. The third-order valence-corrected chi connectivity index (χ3v) is 17.8. The minimum atomic E-state index is -4.69. The van der Waals surface area contributed by atoms with Crippen molar-refractivity contribution in [3.05, 3.63) is 136 Å². The van der Waals surface area contributed by atoms with Crippen LogP contribution in [-0.2, 0) is 16.6 Å². The standard InChI is InChI=1S/C58H69FN8O9S/c1-37(2)44-8-6-7-9-45(44)51-36-64(35-39-10-15-52(74-4)54(26-39)75-5)24-25-66(51)41-30-58(31-41)20-22-65(23-21-58)40-11-13-46(53(27-40)76-42-28-47-48(59)34-62-55(47)61-33-42)56(68)63-77(72,73)43-12-14-49(50(29-43)67(70)71)60-32-38-16-18-57(3,69)19-17-38/h6-15,26-29,33-34,37-38,41,51,60,69H,16-25,30-32,35-36H2,1-5H3,(H,61,62)(H,63,68)/t38?,51-,57?/m0/s1/i4D3,5D3.